The average molecular weight is 207 g/mol. The van der Waals surface area contributed by atoms with E-state index in [0.717, 1.165) is 12.0 Å². The van der Waals surface area contributed by atoms with Crippen molar-refractivity contribution in [1.29, 1.82) is 0 Å². The number of hydrogen-bond donors (Lipinski definition) is 0. The standard InChI is InChI=1S/C12H17NO2/c1-5-9-6-7-13-10(8-9)11(14)15-12(2,3)4/h6-8H,5H2,1-4H3. The van der Waals surface area contributed by atoms with E-state index in [4.69, 9.17) is 4.74 Å². The smallest absolute Gasteiger partial charge is 0.357 e. The highest BCUT2D eigenvalue weighted by molar-refractivity contribution is 5.87. The van der Waals surface area contributed by atoms with Crippen molar-refractivity contribution in [2.45, 2.75) is 39.7 Å². The summed E-state index contributed by atoms with van der Waals surface area (Å²) >= 11 is 0. The summed E-state index contributed by atoms with van der Waals surface area (Å²) in [5.41, 5.74) is 0.996. The van der Waals surface area contributed by atoms with E-state index in [-0.39, 0.29) is 5.97 Å². The lowest BCUT2D eigenvalue weighted by molar-refractivity contribution is 0.00627. The third-order valence-electron chi connectivity index (χ3n) is 1.84. The lowest BCUT2D eigenvalue weighted by Gasteiger charge is -2.19. The molecule has 1 aromatic heterocycles. The highest BCUT2D eigenvalue weighted by Crippen LogP contribution is 2.11. The van der Waals surface area contributed by atoms with Crippen molar-refractivity contribution in [3.63, 3.8) is 0 Å². The van der Waals surface area contributed by atoms with E-state index in [1.165, 1.54) is 0 Å². The Bertz CT molecular complexity index is 353. The normalized spacial score (nSPS) is 11.2. The van der Waals surface area contributed by atoms with Gasteiger partial charge in [0.1, 0.15) is 11.3 Å². The molecule has 0 unspecified atom stereocenters. The maximum Gasteiger partial charge on any atom is 0.357 e. The second-order valence-corrected chi connectivity index (χ2v) is 4.40. The number of carbonyl (C=O) groups excluding carboxylic acids is 1. The van der Waals surface area contributed by atoms with E-state index in [1.807, 2.05) is 33.8 Å². The molecule has 15 heavy (non-hydrogen) atoms. The van der Waals surface area contributed by atoms with E-state index in [2.05, 4.69) is 4.98 Å². The van der Waals surface area contributed by atoms with Gasteiger partial charge in [0.05, 0.1) is 0 Å². The molecule has 0 atom stereocenters. The van der Waals surface area contributed by atoms with Crippen LogP contribution in [-0.4, -0.2) is 16.6 Å². The van der Waals surface area contributed by atoms with E-state index in [1.54, 1.807) is 12.3 Å². The molecule has 3 nitrogen and oxygen atoms in total. The molecule has 0 radical (unpaired) electrons. The molecule has 0 saturated carbocycles. The summed E-state index contributed by atoms with van der Waals surface area (Å²) in [6, 6.07) is 3.67. The van der Waals surface area contributed by atoms with Crippen LogP contribution in [-0.2, 0) is 11.2 Å². The second kappa shape index (κ2) is 4.43. The summed E-state index contributed by atoms with van der Waals surface area (Å²) in [5, 5.41) is 0. The zero-order chi connectivity index (χ0) is 11.5. The molecule has 0 fully saturated rings. The number of hydrogen-bond acceptors (Lipinski definition) is 3. The van der Waals surface area contributed by atoms with Crippen LogP contribution in [0.4, 0.5) is 0 Å². The zero-order valence-electron chi connectivity index (χ0n) is 9.70. The van der Waals surface area contributed by atoms with Gasteiger partial charge in [0.2, 0.25) is 0 Å². The summed E-state index contributed by atoms with van der Waals surface area (Å²) in [6.45, 7) is 7.56. The van der Waals surface area contributed by atoms with E-state index in [0.29, 0.717) is 5.69 Å². The van der Waals surface area contributed by atoms with Gasteiger partial charge in [-0.05, 0) is 44.9 Å². The quantitative estimate of drug-likeness (QED) is 0.700. The van der Waals surface area contributed by atoms with Crippen molar-refractivity contribution in [1.82, 2.24) is 4.98 Å². The van der Waals surface area contributed by atoms with E-state index >= 15 is 0 Å². The minimum Gasteiger partial charge on any atom is -0.455 e. The Balaban J connectivity index is 2.82. The molecule has 0 bridgehead atoms. The summed E-state index contributed by atoms with van der Waals surface area (Å²) in [6.07, 6.45) is 2.52. The maximum atomic E-state index is 11.6. The minimum absolute atomic E-state index is 0.363. The first-order chi connectivity index (χ1) is 6.92. The lowest BCUT2D eigenvalue weighted by Crippen LogP contribution is -2.24. The molecular weight excluding hydrogens is 190 g/mol. The van der Waals surface area contributed by atoms with Crippen molar-refractivity contribution in [3.8, 4) is 0 Å². The van der Waals surface area contributed by atoms with E-state index < -0.39 is 5.60 Å². The van der Waals surface area contributed by atoms with Crippen molar-refractivity contribution in [2.24, 2.45) is 0 Å². The number of carbonyl (C=O) groups is 1. The first kappa shape index (κ1) is 11.7. The molecule has 0 N–H and O–H groups in total. The number of aromatic nitrogens is 1. The van der Waals surface area contributed by atoms with Crippen molar-refractivity contribution >= 4 is 5.97 Å². The predicted octanol–water partition coefficient (Wildman–Crippen LogP) is 2.60. The Labute approximate surface area is 90.5 Å². The SMILES string of the molecule is CCc1ccnc(C(=O)OC(C)(C)C)c1. The number of rotatable bonds is 2. The van der Waals surface area contributed by atoms with Crippen molar-refractivity contribution in [2.75, 3.05) is 0 Å². The number of esters is 1. The summed E-state index contributed by atoms with van der Waals surface area (Å²) in [7, 11) is 0. The largest absolute Gasteiger partial charge is 0.455 e. The molecule has 0 saturated heterocycles. The van der Waals surface area contributed by atoms with Gasteiger partial charge in [0, 0.05) is 6.20 Å². The molecule has 0 aliphatic carbocycles. The zero-order valence-corrected chi connectivity index (χ0v) is 9.70. The fraction of sp³-hybridized carbons (Fsp3) is 0.500. The molecular formula is C12H17NO2. The molecule has 0 aliphatic rings. The third-order valence-corrected chi connectivity index (χ3v) is 1.84. The Kier molecular flexibility index (Phi) is 3.45. The molecule has 1 heterocycles. The average Bonchev–Trinajstić information content (AvgIpc) is 2.15. The van der Waals surface area contributed by atoms with Crippen LogP contribution >= 0.6 is 0 Å². The monoisotopic (exact) mass is 207 g/mol. The molecule has 3 heteroatoms. The molecule has 0 aliphatic heterocycles. The number of pyridine rings is 1. The van der Waals surface area contributed by atoms with Gasteiger partial charge in [-0.15, -0.1) is 0 Å². The fourth-order valence-corrected chi connectivity index (χ4v) is 1.14. The highest BCUT2D eigenvalue weighted by atomic mass is 16.6. The summed E-state index contributed by atoms with van der Waals surface area (Å²) in [4.78, 5) is 15.6. The van der Waals surface area contributed by atoms with Crippen LogP contribution in [0.5, 0.6) is 0 Å². The molecule has 0 spiro atoms. The predicted molar refractivity (Wildman–Crippen MR) is 58.8 cm³/mol. The Morgan fingerprint density at radius 2 is 2.13 bits per heavy atom. The summed E-state index contributed by atoms with van der Waals surface area (Å²) in [5.74, 6) is -0.363. The minimum atomic E-state index is -0.471. The van der Waals surface area contributed by atoms with E-state index in [9.17, 15) is 4.79 Å². The Hall–Kier alpha value is -1.38. The van der Waals surface area contributed by atoms with Crippen LogP contribution in [0.25, 0.3) is 0 Å². The second-order valence-electron chi connectivity index (χ2n) is 4.40. The number of nitrogens with zero attached hydrogens (tertiary/aromatic N) is 1. The van der Waals surface area contributed by atoms with Crippen molar-refractivity contribution < 1.29 is 9.53 Å². The fourth-order valence-electron chi connectivity index (χ4n) is 1.14. The van der Waals surface area contributed by atoms with Gasteiger partial charge in [-0.2, -0.15) is 0 Å². The van der Waals surface area contributed by atoms with Gasteiger partial charge in [-0.3, -0.25) is 0 Å². The van der Waals surface area contributed by atoms with Gasteiger partial charge in [-0.25, -0.2) is 9.78 Å². The third kappa shape index (κ3) is 3.70. The van der Waals surface area contributed by atoms with Gasteiger partial charge >= 0.3 is 5.97 Å². The van der Waals surface area contributed by atoms with Gasteiger partial charge < -0.3 is 4.74 Å². The topological polar surface area (TPSA) is 39.2 Å². The molecule has 1 rings (SSSR count). The molecule has 82 valence electrons. The molecule has 0 amide bonds. The maximum absolute atomic E-state index is 11.6. The van der Waals surface area contributed by atoms with Crippen molar-refractivity contribution in [3.05, 3.63) is 29.6 Å². The van der Waals surface area contributed by atoms with Gasteiger partial charge in [0.25, 0.3) is 0 Å². The Morgan fingerprint density at radius 1 is 1.47 bits per heavy atom. The molecule has 0 aromatic carbocycles. The number of ether oxygens (including phenoxy) is 1. The summed E-state index contributed by atoms with van der Waals surface area (Å²) < 4.78 is 5.22. The number of aryl methyl sites for hydroxylation is 1. The van der Waals surface area contributed by atoms with Crippen LogP contribution in [0.1, 0.15) is 43.7 Å². The van der Waals surface area contributed by atoms with Crippen LogP contribution in [0.2, 0.25) is 0 Å². The van der Waals surface area contributed by atoms with Crippen LogP contribution in [0, 0.1) is 0 Å². The molecule has 1 aromatic rings. The van der Waals surface area contributed by atoms with Crippen LogP contribution in [0.3, 0.4) is 0 Å². The Morgan fingerprint density at radius 3 is 2.67 bits per heavy atom. The lowest BCUT2D eigenvalue weighted by atomic mass is 10.1. The van der Waals surface area contributed by atoms with Crippen LogP contribution in [0.15, 0.2) is 18.3 Å². The highest BCUT2D eigenvalue weighted by Gasteiger charge is 2.18. The first-order valence-electron chi connectivity index (χ1n) is 5.10. The first-order valence-corrected chi connectivity index (χ1v) is 5.10. The van der Waals surface area contributed by atoms with Crippen LogP contribution < -0.4 is 0 Å². The van der Waals surface area contributed by atoms with Gasteiger partial charge in [0.15, 0.2) is 0 Å². The van der Waals surface area contributed by atoms with Gasteiger partial charge in [-0.1, -0.05) is 6.92 Å².